The van der Waals surface area contributed by atoms with Crippen LogP contribution in [0.1, 0.15) is 51.8 Å². The van der Waals surface area contributed by atoms with Crippen molar-refractivity contribution < 1.29 is 22.7 Å². The highest BCUT2D eigenvalue weighted by atomic mass is 35.5. The third kappa shape index (κ3) is 4.69. The number of carbonyl (C=O) groups excluding carboxylic acids is 1. The van der Waals surface area contributed by atoms with E-state index in [2.05, 4.69) is 14.4 Å². The van der Waals surface area contributed by atoms with Crippen LogP contribution in [0, 0.1) is 5.82 Å². The summed E-state index contributed by atoms with van der Waals surface area (Å²) in [6.45, 7) is 9.72. The number of hydrogen-bond donors (Lipinski definition) is 1. The maximum Gasteiger partial charge on any atom is 0.353 e. The molecule has 2 aliphatic rings. The molecule has 0 aliphatic carbocycles. The minimum atomic E-state index is -4.41. The number of thiazole rings is 1. The highest BCUT2D eigenvalue weighted by molar-refractivity contribution is 7.92. The predicted octanol–water partition coefficient (Wildman–Crippen LogP) is 4.91. The van der Waals surface area contributed by atoms with Crippen molar-refractivity contribution >= 4 is 55.7 Å². The highest BCUT2D eigenvalue weighted by Crippen LogP contribution is 2.45. The quantitative estimate of drug-likeness (QED) is 0.450. The summed E-state index contributed by atoms with van der Waals surface area (Å²) < 4.78 is 48.1. The first-order valence-corrected chi connectivity index (χ1v) is 15.3. The van der Waals surface area contributed by atoms with Gasteiger partial charge in [0.15, 0.2) is 11.7 Å². The van der Waals surface area contributed by atoms with E-state index in [4.69, 9.17) is 11.6 Å². The number of carbonyl (C=O) groups is 1. The summed E-state index contributed by atoms with van der Waals surface area (Å²) in [7, 11) is -4.41. The number of anilines is 2. The lowest BCUT2D eigenvalue weighted by molar-refractivity contribution is -0.133. The van der Waals surface area contributed by atoms with Gasteiger partial charge in [-0.3, -0.25) is 4.79 Å². The van der Waals surface area contributed by atoms with Crippen molar-refractivity contribution in [1.29, 1.82) is 0 Å². The Bertz CT molecular complexity index is 1620. The fourth-order valence-electron chi connectivity index (χ4n) is 5.09. The van der Waals surface area contributed by atoms with Gasteiger partial charge in [0.05, 0.1) is 33.0 Å². The Labute approximate surface area is 240 Å². The normalized spacial score (nSPS) is 20.5. The number of amides is 1. The Balaban J connectivity index is 1.76. The van der Waals surface area contributed by atoms with Gasteiger partial charge in [0.2, 0.25) is 5.91 Å². The number of benzene rings is 1. The van der Waals surface area contributed by atoms with Gasteiger partial charge in [-0.25, -0.2) is 14.4 Å². The molecule has 1 saturated heterocycles. The fourth-order valence-corrected chi connectivity index (χ4v) is 7.77. The molecule has 10 nitrogen and oxygen atoms in total. The molecule has 4 heterocycles. The monoisotopic (exact) mass is 606 g/mol. The summed E-state index contributed by atoms with van der Waals surface area (Å²) in [6.07, 6.45) is 0. The van der Waals surface area contributed by atoms with Crippen LogP contribution in [0.4, 0.5) is 15.2 Å². The van der Waals surface area contributed by atoms with Gasteiger partial charge < -0.3 is 14.9 Å². The Morgan fingerprint density at radius 1 is 1.23 bits per heavy atom. The molecule has 212 valence electrons. The van der Waals surface area contributed by atoms with Gasteiger partial charge >= 0.3 is 10.2 Å². The number of phenolic OH excluding ortho intramolecular Hbond substituents is 1. The minimum absolute atomic E-state index is 0.00237. The summed E-state index contributed by atoms with van der Waals surface area (Å²) >= 11 is 7.77. The van der Waals surface area contributed by atoms with E-state index in [1.807, 2.05) is 32.6 Å². The van der Waals surface area contributed by atoms with Gasteiger partial charge in [0, 0.05) is 32.1 Å². The molecule has 2 aromatic heterocycles. The van der Waals surface area contributed by atoms with Crippen LogP contribution in [0.5, 0.6) is 5.75 Å². The van der Waals surface area contributed by atoms with Crippen LogP contribution in [0.25, 0.3) is 11.3 Å². The van der Waals surface area contributed by atoms with Crippen molar-refractivity contribution in [1.82, 2.24) is 19.8 Å². The van der Waals surface area contributed by atoms with E-state index in [-0.39, 0.29) is 51.8 Å². The van der Waals surface area contributed by atoms with Gasteiger partial charge in [-0.15, -0.1) is 15.7 Å². The van der Waals surface area contributed by atoms with Crippen molar-refractivity contribution in [3.05, 3.63) is 51.9 Å². The van der Waals surface area contributed by atoms with Crippen molar-refractivity contribution in [2.24, 2.45) is 4.40 Å². The van der Waals surface area contributed by atoms with Crippen LogP contribution in [0.15, 0.2) is 34.2 Å². The van der Waals surface area contributed by atoms with E-state index < -0.39 is 21.8 Å². The SMILES string of the molecule is CC(=O)N1CC(C)N(C2=NS(=O)(=O)N(c3scnc3C(C)C)c3nc(-c4c(O)cccc4F)c(Cl)cc32)CC1C. The Morgan fingerprint density at radius 2 is 1.95 bits per heavy atom. The average Bonchev–Trinajstić information content (AvgIpc) is 3.34. The number of halogens is 2. The lowest BCUT2D eigenvalue weighted by Crippen LogP contribution is -2.60. The zero-order valence-corrected chi connectivity index (χ0v) is 24.8. The van der Waals surface area contributed by atoms with Crippen molar-refractivity contribution in [3.63, 3.8) is 0 Å². The number of piperazine rings is 1. The molecule has 14 heteroatoms. The number of aromatic nitrogens is 2. The number of amidine groups is 1. The summed E-state index contributed by atoms with van der Waals surface area (Å²) in [5.74, 6) is -1.26. The number of nitrogens with zero attached hydrogens (tertiary/aromatic N) is 6. The molecule has 1 amide bonds. The van der Waals surface area contributed by atoms with Gasteiger partial charge in [0.25, 0.3) is 0 Å². The van der Waals surface area contributed by atoms with Crippen molar-refractivity contribution in [3.8, 4) is 17.0 Å². The summed E-state index contributed by atoms with van der Waals surface area (Å²) in [5.41, 5.74) is 2.03. The molecule has 0 radical (unpaired) electrons. The molecule has 0 saturated carbocycles. The number of hydrogen-bond acceptors (Lipinski definition) is 8. The molecular formula is C26H28ClFN6O4S2. The van der Waals surface area contributed by atoms with E-state index in [1.165, 1.54) is 25.1 Å². The van der Waals surface area contributed by atoms with Crippen molar-refractivity contribution in [2.75, 3.05) is 17.4 Å². The summed E-state index contributed by atoms with van der Waals surface area (Å²) in [6, 6.07) is 4.80. The smallest absolute Gasteiger partial charge is 0.353 e. The summed E-state index contributed by atoms with van der Waals surface area (Å²) in [5, 5.41) is 10.8. The molecule has 40 heavy (non-hydrogen) atoms. The van der Waals surface area contributed by atoms with Gasteiger partial charge in [0.1, 0.15) is 16.6 Å². The molecule has 1 fully saturated rings. The third-order valence-corrected chi connectivity index (χ3v) is 9.47. The Hall–Kier alpha value is -3.29. The second-order valence-corrected chi connectivity index (χ2v) is 12.9. The second kappa shape index (κ2) is 10.3. The molecule has 3 aromatic rings. The largest absolute Gasteiger partial charge is 0.507 e. The van der Waals surface area contributed by atoms with Crippen LogP contribution in [-0.4, -0.2) is 70.2 Å². The van der Waals surface area contributed by atoms with E-state index in [0.29, 0.717) is 29.3 Å². The zero-order chi connectivity index (χ0) is 29.1. The van der Waals surface area contributed by atoms with Crippen LogP contribution >= 0.6 is 22.9 Å². The molecule has 0 spiro atoms. The minimum Gasteiger partial charge on any atom is -0.507 e. The second-order valence-electron chi connectivity index (χ2n) is 10.2. The zero-order valence-electron chi connectivity index (χ0n) is 22.5. The van der Waals surface area contributed by atoms with Crippen LogP contribution < -0.4 is 4.31 Å². The van der Waals surface area contributed by atoms with Crippen LogP contribution in [0.3, 0.4) is 0 Å². The Kier molecular flexibility index (Phi) is 7.26. The highest BCUT2D eigenvalue weighted by Gasteiger charge is 2.42. The van der Waals surface area contributed by atoms with Gasteiger partial charge in [-0.2, -0.15) is 12.7 Å². The molecule has 2 atom stereocenters. The lowest BCUT2D eigenvalue weighted by atomic mass is 10.0. The lowest BCUT2D eigenvalue weighted by Gasteiger charge is -2.46. The maximum absolute atomic E-state index is 14.9. The van der Waals surface area contributed by atoms with E-state index in [9.17, 15) is 22.7 Å². The molecule has 5 rings (SSSR count). The van der Waals surface area contributed by atoms with E-state index in [1.54, 1.807) is 10.4 Å². The molecule has 2 unspecified atom stereocenters. The van der Waals surface area contributed by atoms with Gasteiger partial charge in [-0.05, 0) is 38.0 Å². The molecule has 0 bridgehead atoms. The first-order chi connectivity index (χ1) is 18.8. The Morgan fingerprint density at radius 3 is 2.60 bits per heavy atom. The van der Waals surface area contributed by atoms with Crippen molar-refractivity contribution in [2.45, 2.75) is 52.6 Å². The van der Waals surface area contributed by atoms with Crippen LogP contribution in [0.2, 0.25) is 5.02 Å². The van der Waals surface area contributed by atoms with E-state index >= 15 is 0 Å². The summed E-state index contributed by atoms with van der Waals surface area (Å²) in [4.78, 5) is 24.7. The number of aromatic hydroxyl groups is 1. The molecule has 1 N–H and O–H groups in total. The van der Waals surface area contributed by atoms with E-state index in [0.717, 1.165) is 21.7 Å². The van der Waals surface area contributed by atoms with Gasteiger partial charge in [-0.1, -0.05) is 31.5 Å². The standard InChI is InChI=1S/C26H28ClFN6O4S2/c1-13(2)22-26(39-12-29-22)34-24-17(9-18(27)23(30-24)21-19(28)7-6-8-20(21)36)25(31-40(34,37)38)33-11-14(3)32(16(5)35)10-15(33)4/h6-9,12-15,36H,10-11H2,1-5H3. The maximum atomic E-state index is 14.9. The topological polar surface area (TPSA) is 119 Å². The molecular weight excluding hydrogens is 579 g/mol. The average molecular weight is 607 g/mol. The number of pyridine rings is 1. The van der Waals surface area contributed by atoms with Crippen LogP contribution in [-0.2, 0) is 15.0 Å². The molecule has 2 aliphatic heterocycles. The predicted molar refractivity (Wildman–Crippen MR) is 153 cm³/mol. The first kappa shape index (κ1) is 28.2. The molecule has 1 aromatic carbocycles. The number of phenols is 1. The first-order valence-electron chi connectivity index (χ1n) is 12.6. The fraction of sp³-hybridized carbons (Fsp3) is 0.385. The number of fused-ring (bicyclic) bond motifs is 1. The number of rotatable bonds is 3. The third-order valence-electron chi connectivity index (χ3n) is 7.02.